The number of hydrogen-bond acceptors (Lipinski definition) is 3. The number of pyridine rings is 1. The van der Waals surface area contributed by atoms with E-state index in [2.05, 4.69) is 10.3 Å². The number of aromatic nitrogens is 1. The van der Waals surface area contributed by atoms with Crippen molar-refractivity contribution < 1.29 is 31.1 Å². The molecular formula is C23H14F6N2OS. The molecule has 0 radical (unpaired) electrons. The fourth-order valence-electron chi connectivity index (χ4n) is 3.36. The Morgan fingerprint density at radius 2 is 1.58 bits per heavy atom. The van der Waals surface area contributed by atoms with Crippen molar-refractivity contribution in [3.05, 3.63) is 100 Å². The van der Waals surface area contributed by atoms with Crippen LogP contribution in [0.5, 0.6) is 0 Å². The Morgan fingerprint density at radius 1 is 0.879 bits per heavy atom. The quantitative estimate of drug-likeness (QED) is 0.325. The standard InChI is InChI=1S/C23H14F6N2OS/c24-22(25,26)15-9-7-13(8-10-15)19(20-16(23(27,28)29)5-3-11-30-20)31-21(32)18-12-14-4-1-2-6-17(14)33-18/h1-12,19H,(H,31,32). The van der Waals surface area contributed by atoms with E-state index < -0.39 is 41.1 Å². The van der Waals surface area contributed by atoms with Gasteiger partial charge in [0.05, 0.1) is 27.7 Å². The molecule has 4 rings (SSSR count). The number of alkyl halides is 6. The molecule has 0 fully saturated rings. The molecule has 4 aromatic rings. The van der Waals surface area contributed by atoms with Crippen molar-refractivity contribution in [1.29, 1.82) is 0 Å². The topological polar surface area (TPSA) is 42.0 Å². The van der Waals surface area contributed by atoms with E-state index >= 15 is 0 Å². The fraction of sp³-hybridized carbons (Fsp3) is 0.130. The van der Waals surface area contributed by atoms with E-state index in [1.54, 1.807) is 30.3 Å². The third-order valence-corrected chi connectivity index (χ3v) is 6.03. The van der Waals surface area contributed by atoms with E-state index in [1.807, 2.05) is 0 Å². The summed E-state index contributed by atoms with van der Waals surface area (Å²) in [4.78, 5) is 17.0. The monoisotopic (exact) mass is 480 g/mol. The minimum atomic E-state index is -4.78. The number of carbonyl (C=O) groups excluding carboxylic acids is 1. The molecule has 10 heteroatoms. The number of halogens is 6. The van der Waals surface area contributed by atoms with Gasteiger partial charge in [-0.2, -0.15) is 26.3 Å². The van der Waals surface area contributed by atoms with Gasteiger partial charge in [-0.1, -0.05) is 30.3 Å². The molecule has 1 unspecified atom stereocenters. The summed E-state index contributed by atoms with van der Waals surface area (Å²) >= 11 is 1.15. The summed E-state index contributed by atoms with van der Waals surface area (Å²) in [7, 11) is 0. The Bertz CT molecular complexity index is 1260. The predicted octanol–water partition coefficient (Wildman–Crippen LogP) is 6.85. The molecule has 0 aliphatic carbocycles. The van der Waals surface area contributed by atoms with Crippen LogP contribution in [0.15, 0.2) is 72.9 Å². The van der Waals surface area contributed by atoms with E-state index in [1.165, 1.54) is 0 Å². The number of hydrogen-bond donors (Lipinski definition) is 1. The summed E-state index contributed by atoms with van der Waals surface area (Å²) in [6.07, 6.45) is -8.26. The summed E-state index contributed by atoms with van der Waals surface area (Å²) in [5.74, 6) is -0.667. The number of nitrogens with zero attached hydrogens (tertiary/aromatic N) is 1. The van der Waals surface area contributed by atoms with Gasteiger partial charge in [-0.25, -0.2) is 0 Å². The van der Waals surface area contributed by atoms with E-state index in [0.29, 0.717) is 0 Å². The highest BCUT2D eigenvalue weighted by molar-refractivity contribution is 7.20. The average Bonchev–Trinajstić information content (AvgIpc) is 3.21. The molecule has 0 aliphatic heterocycles. The minimum absolute atomic E-state index is 0.0293. The lowest BCUT2D eigenvalue weighted by molar-refractivity contribution is -0.139. The maximum Gasteiger partial charge on any atom is 0.418 e. The van der Waals surface area contributed by atoms with E-state index in [-0.39, 0.29) is 10.4 Å². The largest absolute Gasteiger partial charge is 0.418 e. The zero-order chi connectivity index (χ0) is 23.8. The van der Waals surface area contributed by atoms with Crippen molar-refractivity contribution in [2.24, 2.45) is 0 Å². The Labute approximate surface area is 187 Å². The van der Waals surface area contributed by atoms with Crippen LogP contribution >= 0.6 is 11.3 Å². The van der Waals surface area contributed by atoms with Crippen LogP contribution in [0.25, 0.3) is 10.1 Å². The summed E-state index contributed by atoms with van der Waals surface area (Å²) in [5.41, 5.74) is -2.54. The normalized spacial score (nSPS) is 13.2. The highest BCUT2D eigenvalue weighted by Crippen LogP contribution is 2.37. The molecule has 1 amide bonds. The Balaban J connectivity index is 1.77. The van der Waals surface area contributed by atoms with E-state index in [4.69, 9.17) is 0 Å². The van der Waals surface area contributed by atoms with Crippen molar-refractivity contribution in [2.75, 3.05) is 0 Å². The molecular weight excluding hydrogens is 466 g/mol. The first-order chi connectivity index (χ1) is 15.5. The lowest BCUT2D eigenvalue weighted by atomic mass is 9.97. The molecule has 0 saturated heterocycles. The Morgan fingerprint density at radius 3 is 2.21 bits per heavy atom. The molecule has 33 heavy (non-hydrogen) atoms. The molecule has 0 aliphatic rings. The SMILES string of the molecule is O=C(NC(c1ccc(C(F)(F)F)cc1)c1ncccc1C(F)(F)F)c1cc2ccccc2s1. The summed E-state index contributed by atoms with van der Waals surface area (Å²) in [6, 6.07) is 12.8. The highest BCUT2D eigenvalue weighted by Gasteiger charge is 2.37. The van der Waals surface area contributed by atoms with Crippen LogP contribution in [-0.2, 0) is 12.4 Å². The number of benzene rings is 2. The van der Waals surface area contributed by atoms with Gasteiger partial charge in [0.15, 0.2) is 0 Å². The van der Waals surface area contributed by atoms with E-state index in [9.17, 15) is 31.1 Å². The molecule has 3 nitrogen and oxygen atoms in total. The Kier molecular flexibility index (Phi) is 5.87. The van der Waals surface area contributed by atoms with Gasteiger partial charge < -0.3 is 5.32 Å². The van der Waals surface area contributed by atoms with Crippen molar-refractivity contribution >= 4 is 27.3 Å². The van der Waals surface area contributed by atoms with Crippen molar-refractivity contribution in [1.82, 2.24) is 10.3 Å². The minimum Gasteiger partial charge on any atom is -0.339 e. The van der Waals surface area contributed by atoms with Crippen LogP contribution in [-0.4, -0.2) is 10.9 Å². The van der Waals surface area contributed by atoms with Gasteiger partial charge in [0, 0.05) is 10.9 Å². The molecule has 2 heterocycles. The van der Waals surface area contributed by atoms with Crippen LogP contribution in [0, 0.1) is 0 Å². The van der Waals surface area contributed by atoms with Crippen LogP contribution in [0.3, 0.4) is 0 Å². The molecule has 0 saturated carbocycles. The van der Waals surface area contributed by atoms with Gasteiger partial charge in [-0.05, 0) is 47.3 Å². The van der Waals surface area contributed by atoms with Gasteiger partial charge >= 0.3 is 12.4 Å². The summed E-state index contributed by atoms with van der Waals surface area (Å²) in [5, 5.41) is 3.31. The number of rotatable bonds is 4. The van der Waals surface area contributed by atoms with Gasteiger partial charge in [0.1, 0.15) is 0 Å². The number of carbonyl (C=O) groups is 1. The third-order valence-electron chi connectivity index (χ3n) is 4.91. The second-order valence-corrected chi connectivity index (χ2v) is 8.19. The molecule has 0 bridgehead atoms. The maximum absolute atomic E-state index is 13.6. The zero-order valence-corrected chi connectivity index (χ0v) is 17.4. The summed E-state index contributed by atoms with van der Waals surface area (Å²) < 4.78 is 80.6. The van der Waals surface area contributed by atoms with Gasteiger partial charge in [0.25, 0.3) is 5.91 Å². The maximum atomic E-state index is 13.6. The molecule has 2 aromatic heterocycles. The first-order valence-corrected chi connectivity index (χ1v) is 10.3. The second kappa shape index (κ2) is 8.51. The predicted molar refractivity (Wildman–Crippen MR) is 112 cm³/mol. The molecule has 0 spiro atoms. The smallest absolute Gasteiger partial charge is 0.339 e. The van der Waals surface area contributed by atoms with Crippen LogP contribution in [0.1, 0.15) is 38.1 Å². The number of amides is 1. The first-order valence-electron chi connectivity index (χ1n) is 9.53. The molecule has 2 aromatic carbocycles. The van der Waals surface area contributed by atoms with E-state index in [0.717, 1.165) is 64.0 Å². The van der Waals surface area contributed by atoms with Crippen molar-refractivity contribution in [3.8, 4) is 0 Å². The lowest BCUT2D eigenvalue weighted by Crippen LogP contribution is -2.31. The molecule has 1 N–H and O–H groups in total. The zero-order valence-electron chi connectivity index (χ0n) is 16.5. The second-order valence-electron chi connectivity index (χ2n) is 7.11. The number of thiophene rings is 1. The molecule has 170 valence electrons. The average molecular weight is 480 g/mol. The van der Waals surface area contributed by atoms with Crippen LogP contribution in [0.4, 0.5) is 26.3 Å². The van der Waals surface area contributed by atoms with Crippen LogP contribution < -0.4 is 5.32 Å². The first kappa shape index (κ1) is 22.8. The fourth-order valence-corrected chi connectivity index (χ4v) is 4.32. The number of nitrogens with one attached hydrogen (secondary N) is 1. The number of fused-ring (bicyclic) bond motifs is 1. The molecule has 1 atom stereocenters. The third kappa shape index (κ3) is 4.85. The lowest BCUT2D eigenvalue weighted by Gasteiger charge is -2.22. The van der Waals surface area contributed by atoms with Crippen molar-refractivity contribution in [3.63, 3.8) is 0 Å². The highest BCUT2D eigenvalue weighted by atomic mass is 32.1. The Hall–Kier alpha value is -3.40. The van der Waals surface area contributed by atoms with Crippen LogP contribution in [0.2, 0.25) is 0 Å². The van der Waals surface area contributed by atoms with Crippen molar-refractivity contribution in [2.45, 2.75) is 18.4 Å². The summed E-state index contributed by atoms with van der Waals surface area (Å²) in [6.45, 7) is 0. The van der Waals surface area contributed by atoms with Gasteiger partial charge in [0.2, 0.25) is 0 Å². The van der Waals surface area contributed by atoms with Gasteiger partial charge in [-0.15, -0.1) is 11.3 Å². The van der Waals surface area contributed by atoms with Gasteiger partial charge in [-0.3, -0.25) is 9.78 Å².